The summed E-state index contributed by atoms with van der Waals surface area (Å²) in [6.45, 7) is 8.80. The summed E-state index contributed by atoms with van der Waals surface area (Å²) in [5.74, 6) is -1.42. The van der Waals surface area contributed by atoms with Crippen LogP contribution in [0.25, 0.3) is 11.8 Å². The van der Waals surface area contributed by atoms with Crippen LogP contribution >= 0.6 is 0 Å². The second-order valence-corrected chi connectivity index (χ2v) is 7.54. The summed E-state index contributed by atoms with van der Waals surface area (Å²) >= 11 is 0. The van der Waals surface area contributed by atoms with Crippen LogP contribution in [-0.2, 0) is 21.4 Å². The molecule has 0 aliphatic carbocycles. The first kappa shape index (κ1) is 22.9. The van der Waals surface area contributed by atoms with Gasteiger partial charge in [0.25, 0.3) is 5.91 Å². The van der Waals surface area contributed by atoms with Gasteiger partial charge in [0.05, 0.1) is 28.5 Å². The molecule has 2 heterocycles. The van der Waals surface area contributed by atoms with E-state index in [2.05, 4.69) is 15.5 Å². The molecule has 9 heteroatoms. The van der Waals surface area contributed by atoms with Crippen molar-refractivity contribution in [3.63, 3.8) is 0 Å². The van der Waals surface area contributed by atoms with Gasteiger partial charge in [0, 0.05) is 24.4 Å². The van der Waals surface area contributed by atoms with E-state index in [4.69, 9.17) is 4.74 Å². The van der Waals surface area contributed by atoms with E-state index in [0.717, 1.165) is 17.0 Å². The zero-order valence-corrected chi connectivity index (χ0v) is 18.9. The number of halogens is 1. The number of ether oxygens (including phenoxy) is 1. The Morgan fingerprint density at radius 3 is 2.31 bits per heavy atom. The van der Waals surface area contributed by atoms with Gasteiger partial charge >= 0.3 is 5.97 Å². The van der Waals surface area contributed by atoms with Gasteiger partial charge in [-0.15, -0.1) is 0 Å². The van der Waals surface area contributed by atoms with Gasteiger partial charge in [-0.1, -0.05) is 0 Å². The molecule has 1 amide bonds. The molecule has 0 radical (unpaired) electrons. The summed E-state index contributed by atoms with van der Waals surface area (Å²) in [7, 11) is 1.79. The number of esters is 1. The highest BCUT2D eigenvalue weighted by Gasteiger charge is 2.20. The van der Waals surface area contributed by atoms with Crippen LogP contribution in [0, 0.1) is 33.5 Å². The Bertz CT molecular complexity index is 1190. The molecule has 0 bridgehead atoms. The van der Waals surface area contributed by atoms with E-state index >= 15 is 0 Å². The maximum absolute atomic E-state index is 13.2. The minimum atomic E-state index is -0.990. The van der Waals surface area contributed by atoms with E-state index in [1.807, 2.05) is 20.8 Å². The minimum absolute atomic E-state index is 0.329. The average Bonchev–Trinajstić information content (AvgIpc) is 3.15. The summed E-state index contributed by atoms with van der Waals surface area (Å²) in [6, 6.07) is 5.98. The van der Waals surface area contributed by atoms with Crippen molar-refractivity contribution in [1.29, 1.82) is 0 Å². The molecule has 1 aromatic carbocycles. The van der Waals surface area contributed by atoms with E-state index < -0.39 is 18.0 Å². The number of nitrogens with zero attached hydrogens (tertiary/aromatic N) is 4. The number of hydrogen-bond donors (Lipinski definition) is 1. The van der Waals surface area contributed by atoms with Crippen molar-refractivity contribution in [2.45, 2.75) is 40.7 Å². The highest BCUT2D eigenvalue weighted by molar-refractivity contribution is 5.97. The zero-order valence-electron chi connectivity index (χ0n) is 18.9. The van der Waals surface area contributed by atoms with Gasteiger partial charge in [0.2, 0.25) is 0 Å². The Labute approximate surface area is 185 Å². The number of carbonyl (C=O) groups is 2. The standard InChI is InChI=1S/C23H26FN5O3/c1-13-20(15(3)29(27-13)19-9-7-18(24)8-10-19)11-12-21(30)32-17(5)23(31)25-22-14(2)26-28(6)16(22)4/h7-12,17H,1-6H3,(H,25,31)/b12-11+. The Kier molecular flexibility index (Phi) is 6.57. The first-order chi connectivity index (χ1) is 15.1. The Morgan fingerprint density at radius 2 is 1.72 bits per heavy atom. The van der Waals surface area contributed by atoms with E-state index in [1.54, 1.807) is 41.5 Å². The normalized spacial score (nSPS) is 12.2. The number of rotatable bonds is 6. The van der Waals surface area contributed by atoms with Gasteiger partial charge in [0.15, 0.2) is 6.10 Å². The van der Waals surface area contributed by atoms with E-state index in [-0.39, 0.29) is 5.82 Å². The van der Waals surface area contributed by atoms with Gasteiger partial charge in [0.1, 0.15) is 5.82 Å². The van der Waals surface area contributed by atoms with Gasteiger partial charge in [-0.25, -0.2) is 13.9 Å². The molecule has 3 aromatic rings. The number of aryl methyl sites for hydroxylation is 3. The Morgan fingerprint density at radius 1 is 1.06 bits per heavy atom. The first-order valence-corrected chi connectivity index (χ1v) is 10.1. The SMILES string of the molecule is Cc1nn(-c2ccc(F)cc2)c(C)c1/C=C/C(=O)OC(C)C(=O)Nc1c(C)nn(C)c1C. The van der Waals surface area contributed by atoms with Crippen molar-refractivity contribution in [2.24, 2.45) is 7.05 Å². The zero-order chi connectivity index (χ0) is 23.6. The highest BCUT2D eigenvalue weighted by atomic mass is 19.1. The molecule has 0 aliphatic heterocycles. The van der Waals surface area contributed by atoms with Crippen LogP contribution in [0.5, 0.6) is 0 Å². The molecule has 168 valence electrons. The largest absolute Gasteiger partial charge is 0.449 e. The molecule has 1 N–H and O–H groups in total. The molecule has 8 nitrogen and oxygen atoms in total. The van der Waals surface area contributed by atoms with Crippen LogP contribution in [0.4, 0.5) is 10.1 Å². The Balaban J connectivity index is 1.67. The molecular formula is C23H26FN5O3. The van der Waals surface area contributed by atoms with Gasteiger partial charge < -0.3 is 10.1 Å². The van der Waals surface area contributed by atoms with E-state index in [0.29, 0.717) is 22.8 Å². The number of carbonyl (C=O) groups excluding carboxylic acids is 2. The van der Waals surface area contributed by atoms with E-state index in [1.165, 1.54) is 25.1 Å². The molecule has 0 fully saturated rings. The van der Waals surface area contributed by atoms with Crippen LogP contribution in [0.3, 0.4) is 0 Å². The van der Waals surface area contributed by atoms with Crippen molar-refractivity contribution in [3.8, 4) is 5.69 Å². The monoisotopic (exact) mass is 439 g/mol. The summed E-state index contributed by atoms with van der Waals surface area (Å²) in [4.78, 5) is 24.7. The van der Waals surface area contributed by atoms with Gasteiger partial charge in [-0.2, -0.15) is 10.2 Å². The third-order valence-corrected chi connectivity index (χ3v) is 5.22. The lowest BCUT2D eigenvalue weighted by atomic mass is 10.2. The molecule has 0 saturated carbocycles. The predicted octanol–water partition coefficient (Wildman–Crippen LogP) is 3.56. The molecule has 3 rings (SSSR count). The van der Waals surface area contributed by atoms with Crippen LogP contribution in [0.15, 0.2) is 30.3 Å². The lowest BCUT2D eigenvalue weighted by Gasteiger charge is -2.12. The fourth-order valence-corrected chi connectivity index (χ4v) is 3.33. The maximum atomic E-state index is 13.2. The van der Waals surface area contributed by atoms with Crippen molar-refractivity contribution in [2.75, 3.05) is 5.32 Å². The first-order valence-electron chi connectivity index (χ1n) is 10.1. The molecule has 1 atom stereocenters. The second-order valence-electron chi connectivity index (χ2n) is 7.54. The average molecular weight is 439 g/mol. The van der Waals surface area contributed by atoms with E-state index in [9.17, 15) is 14.0 Å². The lowest BCUT2D eigenvalue weighted by Crippen LogP contribution is -2.29. The summed E-state index contributed by atoms with van der Waals surface area (Å²) < 4.78 is 21.8. The molecule has 0 saturated heterocycles. The molecule has 0 spiro atoms. The number of nitrogens with one attached hydrogen (secondary N) is 1. The molecule has 2 aromatic heterocycles. The molecular weight excluding hydrogens is 413 g/mol. The minimum Gasteiger partial charge on any atom is -0.449 e. The fourth-order valence-electron chi connectivity index (χ4n) is 3.33. The Hall–Kier alpha value is -3.75. The number of aromatic nitrogens is 4. The number of hydrogen-bond acceptors (Lipinski definition) is 5. The van der Waals surface area contributed by atoms with Crippen LogP contribution < -0.4 is 5.32 Å². The fraction of sp³-hybridized carbons (Fsp3) is 0.304. The number of anilines is 1. The summed E-state index contributed by atoms with van der Waals surface area (Å²) in [5, 5.41) is 11.5. The second kappa shape index (κ2) is 9.17. The van der Waals surface area contributed by atoms with Gasteiger partial charge in [-0.05, 0) is 65.0 Å². The lowest BCUT2D eigenvalue weighted by molar-refractivity contribution is -0.148. The number of amides is 1. The molecule has 32 heavy (non-hydrogen) atoms. The third-order valence-electron chi connectivity index (χ3n) is 5.22. The number of benzene rings is 1. The topological polar surface area (TPSA) is 91.0 Å². The highest BCUT2D eigenvalue weighted by Crippen LogP contribution is 2.20. The molecule has 0 aliphatic rings. The molecule has 1 unspecified atom stereocenters. The van der Waals surface area contributed by atoms with Crippen LogP contribution in [0.2, 0.25) is 0 Å². The van der Waals surface area contributed by atoms with Crippen LogP contribution in [0.1, 0.15) is 35.3 Å². The van der Waals surface area contributed by atoms with Crippen molar-refractivity contribution < 1.29 is 18.7 Å². The van der Waals surface area contributed by atoms with Crippen LogP contribution in [-0.4, -0.2) is 37.5 Å². The van der Waals surface area contributed by atoms with Crippen molar-refractivity contribution in [3.05, 3.63) is 64.5 Å². The van der Waals surface area contributed by atoms with Gasteiger partial charge in [-0.3, -0.25) is 9.48 Å². The van der Waals surface area contributed by atoms with Crippen molar-refractivity contribution in [1.82, 2.24) is 19.6 Å². The smallest absolute Gasteiger partial charge is 0.331 e. The summed E-state index contributed by atoms with van der Waals surface area (Å²) in [5.41, 5.74) is 5.02. The quantitative estimate of drug-likeness (QED) is 0.468. The summed E-state index contributed by atoms with van der Waals surface area (Å²) in [6.07, 6.45) is 1.87. The predicted molar refractivity (Wildman–Crippen MR) is 119 cm³/mol. The van der Waals surface area contributed by atoms with Crippen molar-refractivity contribution >= 4 is 23.6 Å². The third kappa shape index (κ3) is 4.77. The maximum Gasteiger partial charge on any atom is 0.331 e.